The van der Waals surface area contributed by atoms with Crippen LogP contribution >= 0.6 is 0 Å². The molecule has 37 heavy (non-hydrogen) atoms. The van der Waals surface area contributed by atoms with Crippen molar-refractivity contribution in [1.29, 1.82) is 0 Å². The summed E-state index contributed by atoms with van der Waals surface area (Å²) in [6.07, 6.45) is 2.23. The quantitative estimate of drug-likeness (QED) is 0.395. The summed E-state index contributed by atoms with van der Waals surface area (Å²) < 4.78 is 35.2. The van der Waals surface area contributed by atoms with Crippen molar-refractivity contribution in [1.82, 2.24) is 5.32 Å². The fraction of sp³-hybridized carbons (Fsp3) is 0.367. The lowest BCUT2D eigenvalue weighted by Crippen LogP contribution is -2.47. The molecule has 1 aliphatic rings. The third-order valence-corrected chi connectivity index (χ3v) is 9.28. The fourth-order valence-corrected chi connectivity index (χ4v) is 6.25. The van der Waals surface area contributed by atoms with E-state index in [0.717, 1.165) is 40.8 Å². The molecular formula is C30H36N2O4S. The van der Waals surface area contributed by atoms with Crippen LogP contribution in [0.3, 0.4) is 0 Å². The van der Waals surface area contributed by atoms with Crippen LogP contribution in [0.2, 0.25) is 0 Å². The highest BCUT2D eigenvalue weighted by Crippen LogP contribution is 2.42. The van der Waals surface area contributed by atoms with E-state index in [-0.39, 0.29) is 29.0 Å². The zero-order valence-corrected chi connectivity index (χ0v) is 23.1. The molecule has 1 N–H and O–H groups in total. The van der Waals surface area contributed by atoms with E-state index in [1.165, 1.54) is 4.31 Å². The van der Waals surface area contributed by atoms with Crippen LogP contribution in [0, 0.1) is 20.8 Å². The van der Waals surface area contributed by atoms with E-state index < -0.39 is 10.0 Å². The van der Waals surface area contributed by atoms with Gasteiger partial charge in [0.25, 0.3) is 10.0 Å². The molecule has 3 aromatic carbocycles. The summed E-state index contributed by atoms with van der Waals surface area (Å²) in [7, 11) is -3.98. The van der Waals surface area contributed by atoms with Crippen LogP contribution in [-0.4, -0.2) is 26.5 Å². The second-order valence-electron chi connectivity index (χ2n) is 9.95. The Balaban J connectivity index is 1.67. The van der Waals surface area contributed by atoms with E-state index in [1.54, 1.807) is 30.3 Å². The minimum atomic E-state index is -3.98. The number of hydrogen-bond acceptors (Lipinski definition) is 4. The largest absolute Gasteiger partial charge is 0.487 e. The number of para-hydroxylation sites is 1. The van der Waals surface area contributed by atoms with Gasteiger partial charge in [0.2, 0.25) is 5.91 Å². The number of rotatable bonds is 8. The molecule has 1 amide bonds. The first kappa shape index (κ1) is 26.7. The maximum absolute atomic E-state index is 13.8. The van der Waals surface area contributed by atoms with E-state index >= 15 is 0 Å². The van der Waals surface area contributed by atoms with Crippen molar-refractivity contribution in [3.05, 3.63) is 89.0 Å². The van der Waals surface area contributed by atoms with Gasteiger partial charge in [0.1, 0.15) is 17.9 Å². The number of nitrogens with one attached hydrogen (secondary N) is 1. The average molecular weight is 521 g/mol. The zero-order valence-electron chi connectivity index (χ0n) is 22.2. The third-order valence-electron chi connectivity index (χ3n) is 7.50. The molecule has 3 aromatic rings. The van der Waals surface area contributed by atoms with Gasteiger partial charge in [0, 0.05) is 12.0 Å². The van der Waals surface area contributed by atoms with Crippen LogP contribution in [0.5, 0.6) is 5.75 Å². The Hall–Kier alpha value is -3.32. The number of anilines is 1. The van der Waals surface area contributed by atoms with E-state index in [1.807, 2.05) is 57.2 Å². The summed E-state index contributed by atoms with van der Waals surface area (Å²) in [6.45, 7) is 9.66. The molecule has 0 aromatic heterocycles. The van der Waals surface area contributed by atoms with Crippen molar-refractivity contribution in [2.45, 2.75) is 70.4 Å². The number of ether oxygens (including phenoxy) is 1. The molecular weight excluding hydrogens is 484 g/mol. The Morgan fingerprint density at radius 1 is 0.973 bits per heavy atom. The molecule has 0 bridgehead atoms. The number of nitrogens with zero attached hydrogens (tertiary/aromatic N) is 1. The molecule has 0 spiro atoms. The second kappa shape index (κ2) is 10.6. The first-order chi connectivity index (χ1) is 17.6. The third kappa shape index (κ3) is 5.52. The molecule has 4 rings (SSSR count). The molecule has 0 saturated carbocycles. The van der Waals surface area contributed by atoms with E-state index in [2.05, 4.69) is 19.2 Å². The van der Waals surface area contributed by atoms with E-state index in [4.69, 9.17) is 4.74 Å². The number of aryl methyl sites for hydroxylation is 3. The number of amides is 1. The minimum absolute atomic E-state index is 0.150. The average Bonchev–Trinajstić information content (AvgIpc) is 2.89. The van der Waals surface area contributed by atoms with Crippen LogP contribution < -0.4 is 14.4 Å². The molecule has 1 heterocycles. The summed E-state index contributed by atoms with van der Waals surface area (Å²) in [5.74, 6) is 0.401. The van der Waals surface area contributed by atoms with Crippen molar-refractivity contribution in [2.24, 2.45) is 0 Å². The molecule has 0 fully saturated rings. The molecule has 0 saturated heterocycles. The van der Waals surface area contributed by atoms with Crippen LogP contribution in [0.15, 0.2) is 71.6 Å². The minimum Gasteiger partial charge on any atom is -0.487 e. The molecule has 0 radical (unpaired) electrons. The van der Waals surface area contributed by atoms with Crippen LogP contribution in [0.25, 0.3) is 0 Å². The van der Waals surface area contributed by atoms with E-state index in [9.17, 15) is 13.2 Å². The molecule has 0 aliphatic carbocycles. The lowest BCUT2D eigenvalue weighted by molar-refractivity contribution is -0.121. The summed E-state index contributed by atoms with van der Waals surface area (Å²) in [6, 6.07) is 19.6. The van der Waals surface area contributed by atoms with Gasteiger partial charge in [-0.05, 0) is 75.1 Å². The van der Waals surface area contributed by atoms with Crippen LogP contribution in [-0.2, 0) is 14.8 Å². The Labute approximate surface area is 220 Å². The van der Waals surface area contributed by atoms with Gasteiger partial charge >= 0.3 is 0 Å². The van der Waals surface area contributed by atoms with Crippen LogP contribution in [0.4, 0.5) is 5.69 Å². The molecule has 1 aliphatic heterocycles. The van der Waals surface area contributed by atoms with Crippen LogP contribution in [0.1, 0.15) is 61.4 Å². The molecule has 7 heteroatoms. The van der Waals surface area contributed by atoms with Gasteiger partial charge in [-0.3, -0.25) is 9.10 Å². The van der Waals surface area contributed by atoms with Gasteiger partial charge in [0.15, 0.2) is 0 Å². The lowest BCUT2D eigenvalue weighted by Gasteiger charge is -2.41. The van der Waals surface area contributed by atoms with Crippen molar-refractivity contribution in [3.8, 4) is 5.75 Å². The van der Waals surface area contributed by atoms with Gasteiger partial charge < -0.3 is 10.1 Å². The van der Waals surface area contributed by atoms with Gasteiger partial charge in [-0.2, -0.15) is 0 Å². The smallest absolute Gasteiger partial charge is 0.264 e. The zero-order chi connectivity index (χ0) is 26.8. The van der Waals surface area contributed by atoms with Gasteiger partial charge in [0.05, 0.1) is 16.6 Å². The number of sulfonamides is 1. The Kier molecular flexibility index (Phi) is 7.64. The molecule has 6 nitrogen and oxygen atoms in total. The number of hydrogen-bond donors (Lipinski definition) is 1. The maximum Gasteiger partial charge on any atom is 0.264 e. The number of benzene rings is 3. The number of carbonyl (C=O) groups is 1. The highest BCUT2D eigenvalue weighted by molar-refractivity contribution is 7.92. The normalized spacial score (nSPS) is 16.4. The summed E-state index contributed by atoms with van der Waals surface area (Å²) in [5, 5.41) is 3.13. The monoisotopic (exact) mass is 520 g/mol. The van der Waals surface area contributed by atoms with Gasteiger partial charge in [-0.25, -0.2) is 8.42 Å². The highest BCUT2D eigenvalue weighted by atomic mass is 32.2. The molecule has 1 atom stereocenters. The van der Waals surface area contributed by atoms with Gasteiger partial charge in [-0.15, -0.1) is 0 Å². The lowest BCUT2D eigenvalue weighted by atomic mass is 9.83. The SMILES string of the molecule is CCC1(CC)CC(NC(=O)CN(c2ccc(C)c(C)c2)S(=O)(=O)c2ccc(C)cc2)c2ccccc2O1. The number of carbonyl (C=O) groups excluding carboxylic acids is 1. The Morgan fingerprint density at radius 3 is 2.30 bits per heavy atom. The van der Waals surface area contributed by atoms with Crippen molar-refractivity contribution in [2.75, 3.05) is 10.8 Å². The molecule has 196 valence electrons. The van der Waals surface area contributed by atoms with Crippen molar-refractivity contribution >= 4 is 21.6 Å². The summed E-state index contributed by atoms with van der Waals surface area (Å²) >= 11 is 0. The predicted molar refractivity (Wildman–Crippen MR) is 148 cm³/mol. The summed E-state index contributed by atoms with van der Waals surface area (Å²) in [4.78, 5) is 13.7. The summed E-state index contributed by atoms with van der Waals surface area (Å²) in [5.41, 5.74) is 3.96. The highest BCUT2D eigenvalue weighted by Gasteiger charge is 2.39. The van der Waals surface area contributed by atoms with Crippen molar-refractivity contribution < 1.29 is 17.9 Å². The maximum atomic E-state index is 13.8. The topological polar surface area (TPSA) is 75.7 Å². The van der Waals surface area contributed by atoms with Crippen molar-refractivity contribution in [3.63, 3.8) is 0 Å². The standard InChI is InChI=1S/C30H36N2O4S/c1-6-30(7-2)19-27(26-10-8-9-11-28(26)36-30)31-29(33)20-32(24-15-14-22(4)23(5)18-24)37(34,35)25-16-12-21(3)13-17-25/h8-18,27H,6-7,19-20H2,1-5H3,(H,31,33). The Bertz CT molecular complexity index is 1380. The van der Waals surface area contributed by atoms with Gasteiger partial charge in [-0.1, -0.05) is 55.8 Å². The fourth-order valence-electron chi connectivity index (χ4n) is 4.83. The van der Waals surface area contributed by atoms with E-state index in [0.29, 0.717) is 12.1 Å². The second-order valence-corrected chi connectivity index (χ2v) is 11.8. The Morgan fingerprint density at radius 2 is 1.65 bits per heavy atom. The first-order valence-corrected chi connectivity index (χ1v) is 14.3. The first-order valence-electron chi connectivity index (χ1n) is 12.8. The predicted octanol–water partition coefficient (Wildman–Crippen LogP) is 6.01. The number of fused-ring (bicyclic) bond motifs is 1. The molecule has 1 unspecified atom stereocenters.